The van der Waals surface area contributed by atoms with Crippen molar-refractivity contribution in [2.75, 3.05) is 18.0 Å². The summed E-state index contributed by atoms with van der Waals surface area (Å²) in [6.45, 7) is 4.29. The third-order valence-electron chi connectivity index (χ3n) is 4.37. The highest BCUT2D eigenvalue weighted by Crippen LogP contribution is 2.33. The van der Waals surface area contributed by atoms with Gasteiger partial charge in [-0.1, -0.05) is 6.92 Å². The number of anilines is 1. The zero-order chi connectivity index (χ0) is 13.9. The van der Waals surface area contributed by atoms with Gasteiger partial charge in [-0.25, -0.2) is 4.98 Å². The first-order chi connectivity index (χ1) is 9.81. The maximum atomic E-state index is 9.47. The molecule has 0 radical (unpaired) electrons. The molecule has 106 valence electrons. The number of aryl methyl sites for hydroxylation is 2. The van der Waals surface area contributed by atoms with Crippen LogP contribution in [-0.4, -0.2) is 18.1 Å². The quantitative estimate of drug-likeness (QED) is 0.822. The largest absolute Gasteiger partial charge is 0.355 e. The highest BCUT2D eigenvalue weighted by atomic mass is 15.2. The average Bonchev–Trinajstić information content (AvgIpc) is 3.29. The summed E-state index contributed by atoms with van der Waals surface area (Å²) >= 11 is 0. The topological polar surface area (TPSA) is 39.9 Å². The fraction of sp³-hybridized carbons (Fsp3) is 0.647. The van der Waals surface area contributed by atoms with Crippen LogP contribution in [0.5, 0.6) is 0 Å². The molecule has 1 saturated carbocycles. The van der Waals surface area contributed by atoms with Crippen LogP contribution >= 0.6 is 0 Å². The van der Waals surface area contributed by atoms with Crippen LogP contribution in [0.1, 0.15) is 55.8 Å². The van der Waals surface area contributed by atoms with Gasteiger partial charge in [0.1, 0.15) is 11.9 Å². The Morgan fingerprint density at radius 3 is 2.85 bits per heavy atom. The summed E-state index contributed by atoms with van der Waals surface area (Å²) in [7, 11) is 0. The number of pyridine rings is 1. The van der Waals surface area contributed by atoms with E-state index >= 15 is 0 Å². The van der Waals surface area contributed by atoms with Crippen LogP contribution in [0.15, 0.2) is 6.07 Å². The number of hydrogen-bond donors (Lipinski definition) is 0. The van der Waals surface area contributed by atoms with E-state index in [9.17, 15) is 5.26 Å². The van der Waals surface area contributed by atoms with E-state index < -0.39 is 0 Å². The number of hydrogen-bond acceptors (Lipinski definition) is 3. The molecule has 1 aromatic rings. The minimum Gasteiger partial charge on any atom is -0.355 e. The Labute approximate surface area is 121 Å². The van der Waals surface area contributed by atoms with Gasteiger partial charge in [0, 0.05) is 18.8 Å². The van der Waals surface area contributed by atoms with Crippen molar-refractivity contribution < 1.29 is 0 Å². The van der Waals surface area contributed by atoms with E-state index in [-0.39, 0.29) is 0 Å². The maximum absolute atomic E-state index is 9.47. The minimum absolute atomic E-state index is 0.778. The summed E-state index contributed by atoms with van der Waals surface area (Å²) in [4.78, 5) is 7.24. The maximum Gasteiger partial charge on any atom is 0.146 e. The summed E-state index contributed by atoms with van der Waals surface area (Å²) in [5, 5.41) is 9.47. The van der Waals surface area contributed by atoms with E-state index in [1.165, 1.54) is 36.9 Å². The molecule has 0 unspecified atom stereocenters. The van der Waals surface area contributed by atoms with E-state index in [0.717, 1.165) is 49.7 Å². The van der Waals surface area contributed by atoms with Crippen molar-refractivity contribution in [3.8, 4) is 6.07 Å². The van der Waals surface area contributed by atoms with E-state index in [0.29, 0.717) is 0 Å². The van der Waals surface area contributed by atoms with Crippen molar-refractivity contribution in [3.05, 3.63) is 22.9 Å². The summed E-state index contributed by atoms with van der Waals surface area (Å²) < 4.78 is 0. The average molecular weight is 269 g/mol. The molecule has 0 atom stereocenters. The molecule has 3 rings (SSSR count). The number of fused-ring (bicyclic) bond motifs is 1. The Morgan fingerprint density at radius 2 is 2.15 bits per heavy atom. The van der Waals surface area contributed by atoms with Crippen LogP contribution in [0, 0.1) is 17.2 Å². The lowest BCUT2D eigenvalue weighted by Gasteiger charge is -2.26. The predicted octanol–water partition coefficient (Wildman–Crippen LogP) is 3.46. The molecule has 3 nitrogen and oxygen atoms in total. The van der Waals surface area contributed by atoms with Gasteiger partial charge in [-0.3, -0.25) is 0 Å². The fourth-order valence-corrected chi connectivity index (χ4v) is 3.11. The normalized spacial score (nSPS) is 17.4. The van der Waals surface area contributed by atoms with Crippen molar-refractivity contribution in [3.63, 3.8) is 0 Å². The van der Waals surface area contributed by atoms with E-state index in [2.05, 4.69) is 24.0 Å². The molecule has 0 spiro atoms. The van der Waals surface area contributed by atoms with E-state index in [4.69, 9.17) is 4.98 Å². The lowest BCUT2D eigenvalue weighted by Crippen LogP contribution is -2.29. The van der Waals surface area contributed by atoms with Gasteiger partial charge >= 0.3 is 0 Å². The molecular formula is C17H23N3. The highest BCUT2D eigenvalue weighted by molar-refractivity contribution is 5.56. The number of rotatable bonds is 5. The fourth-order valence-electron chi connectivity index (χ4n) is 3.11. The van der Waals surface area contributed by atoms with E-state index in [1.807, 2.05) is 0 Å². The molecule has 20 heavy (non-hydrogen) atoms. The molecule has 1 aromatic heterocycles. The Balaban J connectivity index is 1.94. The third-order valence-corrected chi connectivity index (χ3v) is 4.37. The first-order valence-electron chi connectivity index (χ1n) is 7.99. The van der Waals surface area contributed by atoms with Crippen LogP contribution in [0.4, 0.5) is 5.82 Å². The Hall–Kier alpha value is -1.56. The third kappa shape index (κ3) is 2.80. The van der Waals surface area contributed by atoms with Crippen molar-refractivity contribution in [2.45, 2.75) is 51.9 Å². The Kier molecular flexibility index (Phi) is 3.91. The van der Waals surface area contributed by atoms with Crippen LogP contribution in [0.2, 0.25) is 0 Å². The summed E-state index contributed by atoms with van der Waals surface area (Å²) in [5.41, 5.74) is 3.32. The standard InChI is InChI=1S/C17H23N3/c1-2-9-20(12-13-7-8-13)17-15(11-18)10-14-5-3-4-6-16(14)19-17/h10,13H,2-9,12H2,1H3. The molecule has 0 amide bonds. The second-order valence-electron chi connectivity index (χ2n) is 6.17. The molecule has 2 aliphatic carbocycles. The summed E-state index contributed by atoms with van der Waals surface area (Å²) in [6.07, 6.45) is 8.43. The zero-order valence-corrected chi connectivity index (χ0v) is 12.4. The summed E-state index contributed by atoms with van der Waals surface area (Å²) in [6, 6.07) is 4.48. The number of nitrogens with zero attached hydrogens (tertiary/aromatic N) is 3. The van der Waals surface area contributed by atoms with Gasteiger partial charge in [0.25, 0.3) is 0 Å². The van der Waals surface area contributed by atoms with E-state index in [1.54, 1.807) is 0 Å². The van der Waals surface area contributed by atoms with Crippen LogP contribution in [0.3, 0.4) is 0 Å². The van der Waals surface area contributed by atoms with Crippen LogP contribution in [0.25, 0.3) is 0 Å². The van der Waals surface area contributed by atoms with Gasteiger partial charge in [-0.15, -0.1) is 0 Å². The smallest absolute Gasteiger partial charge is 0.146 e. The first kappa shape index (κ1) is 13.4. The second kappa shape index (κ2) is 5.83. The lowest BCUT2D eigenvalue weighted by molar-refractivity contribution is 0.655. The van der Waals surface area contributed by atoms with Gasteiger partial charge in [0.15, 0.2) is 0 Å². The van der Waals surface area contributed by atoms with Gasteiger partial charge in [-0.2, -0.15) is 5.26 Å². The molecule has 0 saturated heterocycles. The molecule has 2 aliphatic rings. The number of nitriles is 1. The summed E-state index contributed by atoms with van der Waals surface area (Å²) in [5.74, 6) is 1.77. The van der Waals surface area contributed by atoms with Gasteiger partial charge in [-0.05, 0) is 62.5 Å². The van der Waals surface area contributed by atoms with Gasteiger partial charge in [0.05, 0.1) is 5.56 Å². The van der Waals surface area contributed by atoms with Crippen molar-refractivity contribution >= 4 is 5.82 Å². The molecule has 1 heterocycles. The van der Waals surface area contributed by atoms with Crippen LogP contribution in [-0.2, 0) is 12.8 Å². The molecule has 1 fully saturated rings. The molecular weight excluding hydrogens is 246 g/mol. The van der Waals surface area contributed by atoms with Crippen molar-refractivity contribution in [2.24, 2.45) is 5.92 Å². The molecule has 0 bridgehead atoms. The highest BCUT2D eigenvalue weighted by Gasteiger charge is 2.26. The second-order valence-corrected chi connectivity index (χ2v) is 6.17. The SMILES string of the molecule is CCCN(CC1CC1)c1nc2c(cc1C#N)CCCC2. The van der Waals surface area contributed by atoms with Crippen molar-refractivity contribution in [1.29, 1.82) is 5.26 Å². The molecule has 0 N–H and O–H groups in total. The van der Waals surface area contributed by atoms with Crippen molar-refractivity contribution in [1.82, 2.24) is 4.98 Å². The lowest BCUT2D eigenvalue weighted by atomic mass is 9.95. The predicted molar refractivity (Wildman–Crippen MR) is 80.8 cm³/mol. The zero-order valence-electron chi connectivity index (χ0n) is 12.4. The Bertz CT molecular complexity index is 526. The first-order valence-corrected chi connectivity index (χ1v) is 7.99. The monoisotopic (exact) mass is 269 g/mol. The van der Waals surface area contributed by atoms with Gasteiger partial charge < -0.3 is 4.90 Å². The number of aromatic nitrogens is 1. The van der Waals surface area contributed by atoms with Crippen LogP contribution < -0.4 is 4.90 Å². The molecule has 0 aliphatic heterocycles. The van der Waals surface area contributed by atoms with Gasteiger partial charge in [0.2, 0.25) is 0 Å². The Morgan fingerprint density at radius 1 is 1.35 bits per heavy atom. The molecule has 3 heteroatoms. The molecule has 0 aromatic carbocycles. The minimum atomic E-state index is 0.778.